The average molecular weight is 358 g/mol. The van der Waals surface area contributed by atoms with Gasteiger partial charge >= 0.3 is 0 Å². The summed E-state index contributed by atoms with van der Waals surface area (Å²) < 4.78 is 16.7. The third kappa shape index (κ3) is 4.79. The van der Waals surface area contributed by atoms with Crippen LogP contribution >= 0.6 is 0 Å². The number of benzene rings is 1. The van der Waals surface area contributed by atoms with E-state index in [0.717, 1.165) is 35.8 Å². The highest BCUT2D eigenvalue weighted by molar-refractivity contribution is 5.78. The number of carbonyl (C=O) groups excluding carboxylic acids is 1. The van der Waals surface area contributed by atoms with Crippen LogP contribution in [0.3, 0.4) is 0 Å². The quantitative estimate of drug-likeness (QED) is 0.824. The molecule has 1 N–H and O–H groups in total. The summed E-state index contributed by atoms with van der Waals surface area (Å²) in [6.07, 6.45) is 3.30. The summed E-state index contributed by atoms with van der Waals surface area (Å²) in [6.45, 7) is 4.39. The fourth-order valence-electron chi connectivity index (χ4n) is 3.10. The Morgan fingerprint density at radius 3 is 3.00 bits per heavy atom. The Kier molecular flexibility index (Phi) is 6.17. The van der Waals surface area contributed by atoms with Crippen LogP contribution in [-0.2, 0) is 17.8 Å². The molecule has 6 nitrogen and oxygen atoms in total. The van der Waals surface area contributed by atoms with E-state index in [2.05, 4.69) is 17.1 Å². The van der Waals surface area contributed by atoms with Gasteiger partial charge in [-0.3, -0.25) is 9.69 Å². The molecular formula is C20H26N2O4. The smallest absolute Gasteiger partial charge is 0.234 e. The lowest BCUT2D eigenvalue weighted by Crippen LogP contribution is -2.40. The maximum absolute atomic E-state index is 12.3. The Morgan fingerprint density at radius 1 is 1.38 bits per heavy atom. The molecule has 2 aromatic rings. The van der Waals surface area contributed by atoms with Crippen LogP contribution in [0.5, 0.6) is 11.5 Å². The second-order valence-corrected chi connectivity index (χ2v) is 6.47. The molecule has 0 spiro atoms. The maximum atomic E-state index is 12.3. The van der Waals surface area contributed by atoms with Gasteiger partial charge in [0.05, 0.1) is 19.9 Å². The number of carbonyl (C=O) groups is 1. The van der Waals surface area contributed by atoms with Crippen molar-refractivity contribution in [3.63, 3.8) is 0 Å². The summed E-state index contributed by atoms with van der Waals surface area (Å²) in [5, 5.41) is 2.96. The lowest BCUT2D eigenvalue weighted by Gasteiger charge is -2.22. The molecule has 0 saturated carbocycles. The van der Waals surface area contributed by atoms with E-state index < -0.39 is 0 Å². The molecule has 140 valence electrons. The normalized spacial score (nSPS) is 17.1. The number of ether oxygens (including phenoxy) is 2. The largest absolute Gasteiger partial charge is 0.497 e. The zero-order valence-electron chi connectivity index (χ0n) is 15.4. The molecule has 0 bridgehead atoms. The average Bonchev–Trinajstić information content (AvgIpc) is 3.09. The first kappa shape index (κ1) is 18.3. The summed E-state index contributed by atoms with van der Waals surface area (Å²) in [5.41, 5.74) is 1.05. The molecule has 26 heavy (non-hydrogen) atoms. The lowest BCUT2D eigenvalue weighted by molar-refractivity contribution is -0.122. The first-order valence-electron chi connectivity index (χ1n) is 9.03. The van der Waals surface area contributed by atoms with Gasteiger partial charge in [0.25, 0.3) is 0 Å². The fraction of sp³-hybridized carbons (Fsp3) is 0.450. The van der Waals surface area contributed by atoms with Crippen molar-refractivity contribution in [2.45, 2.75) is 32.4 Å². The molecule has 1 aliphatic heterocycles. The molecule has 3 rings (SSSR count). The van der Waals surface area contributed by atoms with E-state index in [9.17, 15) is 4.79 Å². The Labute approximate surface area is 154 Å². The summed E-state index contributed by atoms with van der Waals surface area (Å²) in [7, 11) is 1.65. The van der Waals surface area contributed by atoms with Gasteiger partial charge in [-0.1, -0.05) is 6.92 Å². The van der Waals surface area contributed by atoms with Crippen molar-refractivity contribution in [1.82, 2.24) is 10.2 Å². The van der Waals surface area contributed by atoms with Gasteiger partial charge in [0.15, 0.2) is 0 Å². The highest BCUT2D eigenvalue weighted by Gasteiger charge is 2.23. The molecule has 1 unspecified atom stereocenters. The van der Waals surface area contributed by atoms with Crippen LogP contribution in [0.1, 0.15) is 24.7 Å². The van der Waals surface area contributed by atoms with Gasteiger partial charge in [0.1, 0.15) is 23.4 Å². The highest BCUT2D eigenvalue weighted by atomic mass is 16.5. The summed E-state index contributed by atoms with van der Waals surface area (Å²) in [5.74, 6) is 2.56. The van der Waals surface area contributed by atoms with E-state index in [-0.39, 0.29) is 12.0 Å². The number of amides is 1. The minimum Gasteiger partial charge on any atom is -0.497 e. The van der Waals surface area contributed by atoms with E-state index >= 15 is 0 Å². The first-order valence-corrected chi connectivity index (χ1v) is 9.03. The van der Waals surface area contributed by atoms with Crippen LogP contribution in [0.15, 0.2) is 41.0 Å². The first-order chi connectivity index (χ1) is 12.7. The summed E-state index contributed by atoms with van der Waals surface area (Å²) >= 11 is 0. The molecule has 6 heteroatoms. The number of fused-ring (bicyclic) bond motifs is 1. The summed E-state index contributed by atoms with van der Waals surface area (Å²) in [6, 6.07) is 9.60. The SMILES string of the molecule is CCC1CN(CC(=O)NCCc2ccco2)Cc2cc(OC)ccc2O1. The number of hydrogen-bond acceptors (Lipinski definition) is 5. The molecule has 1 amide bonds. The molecule has 0 saturated heterocycles. The van der Waals surface area contributed by atoms with E-state index in [1.807, 2.05) is 30.3 Å². The van der Waals surface area contributed by atoms with Crippen LogP contribution in [0, 0.1) is 0 Å². The summed E-state index contributed by atoms with van der Waals surface area (Å²) in [4.78, 5) is 14.5. The number of methoxy groups -OCH3 is 1. The van der Waals surface area contributed by atoms with Crippen molar-refractivity contribution in [1.29, 1.82) is 0 Å². The van der Waals surface area contributed by atoms with Gasteiger partial charge in [0, 0.05) is 31.6 Å². The van der Waals surface area contributed by atoms with Crippen molar-refractivity contribution < 1.29 is 18.7 Å². The Morgan fingerprint density at radius 2 is 2.27 bits per heavy atom. The minimum absolute atomic E-state index is 0.0118. The predicted octanol–water partition coefficient (Wildman–Crippen LogP) is 2.62. The molecule has 1 aromatic heterocycles. The molecule has 1 aliphatic rings. The highest BCUT2D eigenvalue weighted by Crippen LogP contribution is 2.29. The third-order valence-electron chi connectivity index (χ3n) is 4.51. The van der Waals surface area contributed by atoms with Gasteiger partial charge in [0.2, 0.25) is 5.91 Å². The molecular weight excluding hydrogens is 332 g/mol. The Hall–Kier alpha value is -2.47. The monoisotopic (exact) mass is 358 g/mol. The third-order valence-corrected chi connectivity index (χ3v) is 4.51. The Bertz CT molecular complexity index is 715. The van der Waals surface area contributed by atoms with Crippen LogP contribution in [-0.4, -0.2) is 43.7 Å². The van der Waals surface area contributed by atoms with Gasteiger partial charge in [-0.25, -0.2) is 0 Å². The molecule has 0 radical (unpaired) electrons. The fourth-order valence-corrected chi connectivity index (χ4v) is 3.10. The van der Waals surface area contributed by atoms with Crippen molar-refractivity contribution in [2.24, 2.45) is 0 Å². The van der Waals surface area contributed by atoms with Crippen LogP contribution in [0.2, 0.25) is 0 Å². The van der Waals surface area contributed by atoms with Crippen molar-refractivity contribution in [3.05, 3.63) is 47.9 Å². The van der Waals surface area contributed by atoms with E-state index in [1.165, 1.54) is 0 Å². The van der Waals surface area contributed by atoms with Crippen LogP contribution in [0.4, 0.5) is 0 Å². The molecule has 0 aliphatic carbocycles. The van der Waals surface area contributed by atoms with Crippen LogP contribution < -0.4 is 14.8 Å². The van der Waals surface area contributed by atoms with Crippen molar-refractivity contribution in [3.8, 4) is 11.5 Å². The van der Waals surface area contributed by atoms with Gasteiger partial charge in [-0.15, -0.1) is 0 Å². The maximum Gasteiger partial charge on any atom is 0.234 e. The molecule has 1 aromatic carbocycles. The van der Waals surface area contributed by atoms with E-state index in [1.54, 1.807) is 13.4 Å². The zero-order chi connectivity index (χ0) is 18.4. The molecule has 0 fully saturated rings. The second-order valence-electron chi connectivity index (χ2n) is 6.47. The Balaban J connectivity index is 1.59. The van der Waals surface area contributed by atoms with Gasteiger partial charge < -0.3 is 19.2 Å². The minimum atomic E-state index is 0.0118. The molecule has 2 heterocycles. The van der Waals surface area contributed by atoms with Crippen molar-refractivity contribution >= 4 is 5.91 Å². The zero-order valence-corrected chi connectivity index (χ0v) is 15.4. The topological polar surface area (TPSA) is 63.9 Å². The number of nitrogens with one attached hydrogen (secondary N) is 1. The van der Waals surface area contributed by atoms with E-state index in [0.29, 0.717) is 26.1 Å². The number of hydrogen-bond donors (Lipinski definition) is 1. The van der Waals surface area contributed by atoms with Gasteiger partial charge in [-0.2, -0.15) is 0 Å². The molecule has 1 atom stereocenters. The number of furan rings is 1. The standard InChI is InChI=1S/C20H26N2O4/c1-3-16-13-22(12-15-11-18(24-2)6-7-19(15)26-16)14-20(23)21-9-8-17-5-4-10-25-17/h4-7,10-11,16H,3,8-9,12-14H2,1-2H3,(H,21,23). The lowest BCUT2D eigenvalue weighted by atomic mass is 10.2. The predicted molar refractivity (Wildman–Crippen MR) is 98.4 cm³/mol. The second kappa shape index (κ2) is 8.76. The van der Waals surface area contributed by atoms with E-state index in [4.69, 9.17) is 13.9 Å². The number of nitrogens with zero attached hydrogens (tertiary/aromatic N) is 1. The number of rotatable bonds is 7. The van der Waals surface area contributed by atoms with Gasteiger partial charge in [-0.05, 0) is 36.8 Å². The van der Waals surface area contributed by atoms with Crippen LogP contribution in [0.25, 0.3) is 0 Å². The van der Waals surface area contributed by atoms with Crippen molar-refractivity contribution in [2.75, 3.05) is 26.7 Å².